The molecule has 0 bridgehead atoms. The van der Waals surface area contributed by atoms with Crippen molar-refractivity contribution in [1.29, 1.82) is 0 Å². The molecule has 1 aliphatic carbocycles. The first-order valence-electron chi connectivity index (χ1n) is 9.62. The highest BCUT2D eigenvalue weighted by Crippen LogP contribution is 2.36. The van der Waals surface area contributed by atoms with Crippen LogP contribution in [0.15, 0.2) is 30.6 Å². The molecule has 2 N–H and O–H groups in total. The molecule has 4 rings (SSSR count). The van der Waals surface area contributed by atoms with E-state index < -0.39 is 0 Å². The van der Waals surface area contributed by atoms with E-state index in [-0.39, 0.29) is 30.4 Å². The summed E-state index contributed by atoms with van der Waals surface area (Å²) in [5.74, 6) is 1.21. The summed E-state index contributed by atoms with van der Waals surface area (Å²) >= 11 is 0. The predicted molar refractivity (Wildman–Crippen MR) is 99.3 cm³/mol. The van der Waals surface area contributed by atoms with Crippen molar-refractivity contribution in [2.24, 2.45) is 11.8 Å². The molecule has 0 spiro atoms. The van der Waals surface area contributed by atoms with Gasteiger partial charge in [-0.2, -0.15) is 0 Å². The molecular formula is C20H26N4O2. The SMILES string of the molecule is CCC1CC(=O)NC2CC(NC(=O)Cn3cnc4ccccc43)CCC12. The Morgan fingerprint density at radius 2 is 2.19 bits per heavy atom. The van der Waals surface area contributed by atoms with Gasteiger partial charge >= 0.3 is 0 Å². The lowest BCUT2D eigenvalue weighted by Gasteiger charge is -2.44. The van der Waals surface area contributed by atoms with Crippen LogP contribution >= 0.6 is 0 Å². The molecule has 0 radical (unpaired) electrons. The highest BCUT2D eigenvalue weighted by Gasteiger charge is 2.40. The van der Waals surface area contributed by atoms with E-state index in [9.17, 15) is 9.59 Å². The molecule has 1 saturated carbocycles. The fourth-order valence-corrected chi connectivity index (χ4v) is 4.72. The summed E-state index contributed by atoms with van der Waals surface area (Å²) in [6.45, 7) is 2.44. The van der Waals surface area contributed by atoms with Crippen LogP contribution in [0.3, 0.4) is 0 Å². The number of nitrogens with one attached hydrogen (secondary N) is 2. The van der Waals surface area contributed by atoms with Crippen LogP contribution in [0.25, 0.3) is 11.0 Å². The zero-order valence-electron chi connectivity index (χ0n) is 15.1. The molecule has 4 atom stereocenters. The molecule has 1 aromatic carbocycles. The van der Waals surface area contributed by atoms with Crippen LogP contribution in [-0.4, -0.2) is 33.4 Å². The number of para-hydroxylation sites is 2. The van der Waals surface area contributed by atoms with Crippen LogP contribution in [0.1, 0.15) is 39.0 Å². The topological polar surface area (TPSA) is 76.0 Å². The zero-order chi connectivity index (χ0) is 18.1. The first-order chi connectivity index (χ1) is 12.6. The van der Waals surface area contributed by atoms with Crippen molar-refractivity contribution in [3.63, 3.8) is 0 Å². The molecule has 2 heterocycles. The van der Waals surface area contributed by atoms with Gasteiger partial charge in [-0.1, -0.05) is 25.5 Å². The molecule has 2 amide bonds. The zero-order valence-corrected chi connectivity index (χ0v) is 15.1. The number of hydrogen-bond acceptors (Lipinski definition) is 3. The van der Waals surface area contributed by atoms with Crippen LogP contribution < -0.4 is 10.6 Å². The number of nitrogens with zero attached hydrogens (tertiary/aromatic N) is 2. The summed E-state index contributed by atoms with van der Waals surface area (Å²) in [5.41, 5.74) is 1.87. The summed E-state index contributed by atoms with van der Waals surface area (Å²) in [6, 6.07) is 8.16. The van der Waals surface area contributed by atoms with E-state index in [0.717, 1.165) is 36.7 Å². The fraction of sp³-hybridized carbons (Fsp3) is 0.550. The quantitative estimate of drug-likeness (QED) is 0.884. The minimum atomic E-state index is 0.00535. The second kappa shape index (κ2) is 7.09. The fourth-order valence-electron chi connectivity index (χ4n) is 4.72. The Hall–Kier alpha value is -2.37. The van der Waals surface area contributed by atoms with Gasteiger partial charge < -0.3 is 15.2 Å². The third kappa shape index (κ3) is 3.32. The van der Waals surface area contributed by atoms with Crippen molar-refractivity contribution in [1.82, 2.24) is 20.2 Å². The van der Waals surface area contributed by atoms with Gasteiger partial charge in [0.1, 0.15) is 6.54 Å². The van der Waals surface area contributed by atoms with Crippen LogP contribution in [0.2, 0.25) is 0 Å². The maximum Gasteiger partial charge on any atom is 0.240 e. The number of carbonyl (C=O) groups is 2. The molecule has 6 nitrogen and oxygen atoms in total. The van der Waals surface area contributed by atoms with E-state index in [0.29, 0.717) is 18.3 Å². The standard InChI is InChI=1S/C20H26N4O2/c1-2-13-9-19(25)23-17-10-14(7-8-15(13)17)22-20(26)11-24-12-21-16-5-3-4-6-18(16)24/h3-6,12-15,17H,2,7-11H2,1H3,(H,22,26)(H,23,25). The van der Waals surface area contributed by atoms with Crippen LogP contribution in [0.4, 0.5) is 0 Å². The van der Waals surface area contributed by atoms with E-state index >= 15 is 0 Å². The number of aromatic nitrogens is 2. The number of amides is 2. The van der Waals surface area contributed by atoms with Crippen molar-refractivity contribution in [3.05, 3.63) is 30.6 Å². The number of fused-ring (bicyclic) bond motifs is 2. The van der Waals surface area contributed by atoms with Gasteiger partial charge in [0.05, 0.1) is 17.4 Å². The maximum atomic E-state index is 12.5. The van der Waals surface area contributed by atoms with Crippen LogP contribution in [0.5, 0.6) is 0 Å². The third-order valence-electron chi connectivity index (χ3n) is 6.03. The largest absolute Gasteiger partial charge is 0.353 e. The second-order valence-corrected chi connectivity index (χ2v) is 7.65. The van der Waals surface area contributed by atoms with Crippen molar-refractivity contribution < 1.29 is 9.59 Å². The normalized spacial score (nSPS) is 28.4. The Morgan fingerprint density at radius 3 is 3.04 bits per heavy atom. The van der Waals surface area contributed by atoms with E-state index in [1.165, 1.54) is 0 Å². The predicted octanol–water partition coefficient (Wildman–Crippen LogP) is 2.24. The van der Waals surface area contributed by atoms with E-state index in [1.807, 2.05) is 28.8 Å². The molecule has 1 aliphatic heterocycles. The number of carbonyl (C=O) groups excluding carboxylic acids is 2. The number of hydrogen-bond donors (Lipinski definition) is 2. The van der Waals surface area contributed by atoms with Crippen molar-refractivity contribution in [3.8, 4) is 0 Å². The highest BCUT2D eigenvalue weighted by atomic mass is 16.2. The van der Waals surface area contributed by atoms with Crippen LogP contribution in [-0.2, 0) is 16.1 Å². The van der Waals surface area contributed by atoms with Gasteiger partial charge in [-0.25, -0.2) is 4.98 Å². The lowest BCUT2D eigenvalue weighted by Crippen LogP contribution is -2.55. The van der Waals surface area contributed by atoms with Gasteiger partial charge in [-0.15, -0.1) is 0 Å². The van der Waals surface area contributed by atoms with Gasteiger partial charge in [-0.3, -0.25) is 9.59 Å². The minimum absolute atomic E-state index is 0.00535. The van der Waals surface area contributed by atoms with Crippen molar-refractivity contribution in [2.45, 2.75) is 57.7 Å². The van der Waals surface area contributed by atoms with Crippen molar-refractivity contribution in [2.75, 3.05) is 0 Å². The highest BCUT2D eigenvalue weighted by molar-refractivity contribution is 5.80. The molecule has 4 unspecified atom stereocenters. The summed E-state index contributed by atoms with van der Waals surface area (Å²) in [5, 5.41) is 6.31. The first-order valence-corrected chi connectivity index (χ1v) is 9.62. The van der Waals surface area contributed by atoms with Crippen LogP contribution in [0, 0.1) is 11.8 Å². The number of rotatable bonds is 4. The average molecular weight is 354 g/mol. The Balaban J connectivity index is 1.37. The summed E-state index contributed by atoms with van der Waals surface area (Å²) in [7, 11) is 0. The van der Waals surface area contributed by atoms with E-state index in [1.54, 1.807) is 6.33 Å². The monoisotopic (exact) mass is 354 g/mol. The summed E-state index contributed by atoms with van der Waals surface area (Å²) in [4.78, 5) is 28.8. The number of imidazole rings is 1. The van der Waals surface area contributed by atoms with Gasteiger partial charge in [-0.05, 0) is 43.2 Å². The summed E-state index contributed by atoms with van der Waals surface area (Å²) < 4.78 is 1.88. The molecule has 2 aliphatic rings. The second-order valence-electron chi connectivity index (χ2n) is 7.65. The Bertz CT molecular complexity index is 815. The number of piperidine rings is 1. The average Bonchev–Trinajstić information content (AvgIpc) is 3.03. The Morgan fingerprint density at radius 1 is 1.35 bits per heavy atom. The molecule has 1 aromatic heterocycles. The molecule has 1 saturated heterocycles. The van der Waals surface area contributed by atoms with Crippen molar-refractivity contribution >= 4 is 22.8 Å². The van der Waals surface area contributed by atoms with E-state index in [4.69, 9.17) is 0 Å². The lowest BCUT2D eigenvalue weighted by molar-refractivity contribution is -0.127. The van der Waals surface area contributed by atoms with Gasteiger partial charge in [0.25, 0.3) is 0 Å². The molecule has 26 heavy (non-hydrogen) atoms. The van der Waals surface area contributed by atoms with Gasteiger partial charge in [0.15, 0.2) is 0 Å². The molecule has 2 aromatic rings. The third-order valence-corrected chi connectivity index (χ3v) is 6.03. The Labute approximate surface area is 153 Å². The molecular weight excluding hydrogens is 328 g/mol. The van der Waals surface area contributed by atoms with Gasteiger partial charge in [0, 0.05) is 18.5 Å². The lowest BCUT2D eigenvalue weighted by atomic mass is 9.70. The molecule has 6 heteroatoms. The van der Waals surface area contributed by atoms with Gasteiger partial charge in [0.2, 0.25) is 11.8 Å². The smallest absolute Gasteiger partial charge is 0.240 e. The Kier molecular flexibility index (Phi) is 4.66. The number of benzene rings is 1. The van der Waals surface area contributed by atoms with E-state index in [2.05, 4.69) is 22.5 Å². The molecule has 138 valence electrons. The minimum Gasteiger partial charge on any atom is -0.353 e. The summed E-state index contributed by atoms with van der Waals surface area (Å²) in [6.07, 6.45) is 6.33. The maximum absolute atomic E-state index is 12.5. The molecule has 2 fully saturated rings. The first kappa shape index (κ1) is 17.1.